The molecule has 0 spiro atoms. The van der Waals surface area contributed by atoms with E-state index >= 15 is 0 Å². The summed E-state index contributed by atoms with van der Waals surface area (Å²) in [5, 5.41) is 0.647. The predicted molar refractivity (Wildman–Crippen MR) is 121 cm³/mol. The van der Waals surface area contributed by atoms with Gasteiger partial charge in [-0.3, -0.25) is 9.59 Å². The van der Waals surface area contributed by atoms with E-state index in [4.69, 9.17) is 4.74 Å². The first kappa shape index (κ1) is 20.9. The van der Waals surface area contributed by atoms with Crippen LogP contribution in [0.3, 0.4) is 0 Å². The van der Waals surface area contributed by atoms with Gasteiger partial charge in [-0.15, -0.1) is 0 Å². The lowest BCUT2D eigenvalue weighted by atomic mass is 9.99. The molecular formula is C25H21F2N3O3. The van der Waals surface area contributed by atoms with E-state index in [-0.39, 0.29) is 23.0 Å². The standard InChI is InChI=1S/C25H21F2N3O3/c1-29-14-19(17-8-9-28-23(17)25(29)32)18-12-15(24(31)30-10-2-3-11-30)4-6-21(18)33-22-7-5-16(26)13-20(22)27/h4-9,12-14,28H,2-3,10-11H2,1H3. The molecule has 1 aliphatic rings. The monoisotopic (exact) mass is 449 g/mol. The number of halogens is 2. The maximum Gasteiger partial charge on any atom is 0.274 e. The number of pyridine rings is 1. The van der Waals surface area contributed by atoms with Crippen LogP contribution in [0, 0.1) is 11.6 Å². The van der Waals surface area contributed by atoms with Crippen LogP contribution in [-0.2, 0) is 7.05 Å². The van der Waals surface area contributed by atoms with Gasteiger partial charge in [0.15, 0.2) is 11.6 Å². The van der Waals surface area contributed by atoms with E-state index in [2.05, 4.69) is 4.98 Å². The van der Waals surface area contributed by atoms with Crippen molar-refractivity contribution >= 4 is 16.8 Å². The van der Waals surface area contributed by atoms with Gasteiger partial charge < -0.3 is 19.2 Å². The highest BCUT2D eigenvalue weighted by molar-refractivity contribution is 6.00. The van der Waals surface area contributed by atoms with E-state index in [0.29, 0.717) is 40.7 Å². The Morgan fingerprint density at radius 3 is 2.52 bits per heavy atom. The van der Waals surface area contributed by atoms with Gasteiger partial charge in [0, 0.05) is 60.7 Å². The molecule has 1 saturated heterocycles. The molecule has 4 aromatic rings. The van der Waals surface area contributed by atoms with Crippen LogP contribution < -0.4 is 10.3 Å². The highest BCUT2D eigenvalue weighted by Gasteiger charge is 2.22. The summed E-state index contributed by atoms with van der Waals surface area (Å²) in [6.45, 7) is 1.41. The Hall–Kier alpha value is -3.94. The molecule has 6 nitrogen and oxygen atoms in total. The molecule has 2 aromatic heterocycles. The largest absolute Gasteiger partial charge is 0.454 e. The predicted octanol–water partition coefficient (Wildman–Crippen LogP) is 4.84. The van der Waals surface area contributed by atoms with Crippen LogP contribution in [0.25, 0.3) is 22.0 Å². The van der Waals surface area contributed by atoms with Crippen molar-refractivity contribution in [2.24, 2.45) is 7.05 Å². The van der Waals surface area contributed by atoms with Crippen LogP contribution in [0.4, 0.5) is 8.78 Å². The number of rotatable bonds is 4. The summed E-state index contributed by atoms with van der Waals surface area (Å²) < 4.78 is 35.0. The fourth-order valence-corrected chi connectivity index (χ4v) is 4.23. The van der Waals surface area contributed by atoms with Gasteiger partial charge in [-0.05, 0) is 49.2 Å². The maximum absolute atomic E-state index is 14.3. The number of carbonyl (C=O) groups excluding carboxylic acids is 1. The van der Waals surface area contributed by atoms with Crippen LogP contribution in [-0.4, -0.2) is 33.4 Å². The van der Waals surface area contributed by atoms with Crippen molar-refractivity contribution in [1.82, 2.24) is 14.5 Å². The highest BCUT2D eigenvalue weighted by atomic mass is 19.1. The number of nitrogens with zero attached hydrogens (tertiary/aromatic N) is 2. The molecule has 1 N–H and O–H groups in total. The third kappa shape index (κ3) is 3.77. The lowest BCUT2D eigenvalue weighted by Crippen LogP contribution is -2.27. The molecule has 0 unspecified atom stereocenters. The summed E-state index contributed by atoms with van der Waals surface area (Å²) >= 11 is 0. The minimum Gasteiger partial charge on any atom is -0.454 e. The fourth-order valence-electron chi connectivity index (χ4n) is 4.23. The lowest BCUT2D eigenvalue weighted by Gasteiger charge is -2.18. The summed E-state index contributed by atoms with van der Waals surface area (Å²) in [6.07, 6.45) is 5.25. The molecule has 3 heterocycles. The first-order valence-corrected chi connectivity index (χ1v) is 10.7. The fraction of sp³-hybridized carbons (Fsp3) is 0.200. The third-order valence-corrected chi connectivity index (χ3v) is 5.92. The minimum atomic E-state index is -0.842. The number of hydrogen-bond acceptors (Lipinski definition) is 3. The van der Waals surface area contributed by atoms with Gasteiger partial charge in [0.05, 0.1) is 0 Å². The molecule has 0 radical (unpaired) electrons. The zero-order valence-corrected chi connectivity index (χ0v) is 17.9. The number of aromatic nitrogens is 2. The van der Waals surface area contributed by atoms with E-state index in [1.54, 1.807) is 48.6 Å². The average Bonchev–Trinajstić information content (AvgIpc) is 3.50. The number of nitrogens with one attached hydrogen (secondary N) is 1. The minimum absolute atomic E-state index is 0.0941. The van der Waals surface area contributed by atoms with Gasteiger partial charge in [0.2, 0.25) is 0 Å². The number of fused-ring (bicyclic) bond motifs is 1. The number of aryl methyl sites for hydroxylation is 1. The van der Waals surface area contributed by atoms with Crippen molar-refractivity contribution in [2.45, 2.75) is 12.8 Å². The lowest BCUT2D eigenvalue weighted by molar-refractivity contribution is 0.0793. The van der Waals surface area contributed by atoms with Gasteiger partial charge >= 0.3 is 0 Å². The molecule has 0 atom stereocenters. The van der Waals surface area contributed by atoms with Crippen molar-refractivity contribution in [3.8, 4) is 22.6 Å². The number of likely N-dealkylation sites (tertiary alicyclic amines) is 1. The Bertz CT molecular complexity index is 1430. The molecule has 8 heteroatoms. The molecule has 1 fully saturated rings. The van der Waals surface area contributed by atoms with Crippen LogP contribution in [0.15, 0.2) is 59.7 Å². The molecule has 1 amide bonds. The molecule has 2 aromatic carbocycles. The summed E-state index contributed by atoms with van der Waals surface area (Å²) in [5.41, 5.74) is 1.84. The summed E-state index contributed by atoms with van der Waals surface area (Å²) in [7, 11) is 1.63. The van der Waals surface area contributed by atoms with Crippen LogP contribution in [0.5, 0.6) is 11.5 Å². The average molecular weight is 449 g/mol. The van der Waals surface area contributed by atoms with Crippen LogP contribution in [0.2, 0.25) is 0 Å². The molecular weight excluding hydrogens is 428 g/mol. The second-order valence-corrected chi connectivity index (χ2v) is 8.11. The number of amides is 1. The second kappa shape index (κ2) is 8.20. The van der Waals surface area contributed by atoms with Gasteiger partial charge in [0.25, 0.3) is 11.5 Å². The topological polar surface area (TPSA) is 67.3 Å². The first-order valence-electron chi connectivity index (χ1n) is 10.7. The van der Waals surface area contributed by atoms with Crippen LogP contribution in [0.1, 0.15) is 23.2 Å². The van der Waals surface area contributed by atoms with Crippen molar-refractivity contribution in [3.63, 3.8) is 0 Å². The molecule has 1 aliphatic heterocycles. The Kier molecular flexibility index (Phi) is 5.20. The first-order chi connectivity index (χ1) is 15.9. The third-order valence-electron chi connectivity index (χ3n) is 5.92. The maximum atomic E-state index is 14.3. The normalized spacial score (nSPS) is 13.6. The second-order valence-electron chi connectivity index (χ2n) is 8.11. The summed E-state index contributed by atoms with van der Waals surface area (Å²) in [4.78, 5) is 30.3. The van der Waals surface area contributed by atoms with Crippen molar-refractivity contribution < 1.29 is 18.3 Å². The molecule has 0 saturated carbocycles. The van der Waals surface area contributed by atoms with Gasteiger partial charge in [0.1, 0.15) is 17.1 Å². The Balaban J connectivity index is 1.68. The number of carbonyl (C=O) groups is 1. The number of H-pyrrole nitrogens is 1. The van der Waals surface area contributed by atoms with Crippen molar-refractivity contribution in [3.05, 3.63) is 82.4 Å². The zero-order valence-electron chi connectivity index (χ0n) is 17.9. The molecule has 168 valence electrons. The van der Waals surface area contributed by atoms with E-state index in [9.17, 15) is 18.4 Å². The summed E-state index contributed by atoms with van der Waals surface area (Å²) in [6, 6.07) is 9.77. The summed E-state index contributed by atoms with van der Waals surface area (Å²) in [5.74, 6) is -1.52. The van der Waals surface area contributed by atoms with Crippen LogP contribution >= 0.6 is 0 Å². The van der Waals surface area contributed by atoms with E-state index in [1.165, 1.54) is 10.6 Å². The van der Waals surface area contributed by atoms with E-state index in [0.717, 1.165) is 25.0 Å². The quantitative estimate of drug-likeness (QED) is 0.485. The smallest absolute Gasteiger partial charge is 0.274 e. The number of aromatic amines is 1. The molecule has 0 bridgehead atoms. The number of ether oxygens (including phenoxy) is 1. The van der Waals surface area contributed by atoms with Gasteiger partial charge in [-0.1, -0.05) is 0 Å². The van der Waals surface area contributed by atoms with Gasteiger partial charge in [-0.2, -0.15) is 0 Å². The Labute approximate surface area is 188 Å². The van der Waals surface area contributed by atoms with Crippen molar-refractivity contribution in [2.75, 3.05) is 13.1 Å². The molecule has 33 heavy (non-hydrogen) atoms. The zero-order chi connectivity index (χ0) is 23.1. The highest BCUT2D eigenvalue weighted by Crippen LogP contribution is 2.38. The Morgan fingerprint density at radius 2 is 1.76 bits per heavy atom. The molecule has 0 aliphatic carbocycles. The van der Waals surface area contributed by atoms with Crippen molar-refractivity contribution in [1.29, 1.82) is 0 Å². The molecule has 5 rings (SSSR count). The van der Waals surface area contributed by atoms with Gasteiger partial charge in [-0.25, -0.2) is 8.78 Å². The number of hydrogen-bond donors (Lipinski definition) is 1. The SMILES string of the molecule is Cn1cc(-c2cc(C(=O)N3CCCC3)ccc2Oc2ccc(F)cc2F)c2cc[nH]c2c1=O. The van der Waals surface area contributed by atoms with E-state index in [1.807, 2.05) is 0 Å². The number of benzene rings is 2. The Morgan fingerprint density at radius 1 is 1.00 bits per heavy atom. The van der Waals surface area contributed by atoms with E-state index < -0.39 is 11.6 Å².